The van der Waals surface area contributed by atoms with Gasteiger partial charge in [-0.3, -0.25) is 4.90 Å². The Morgan fingerprint density at radius 2 is 2.10 bits per heavy atom. The highest BCUT2D eigenvalue weighted by Gasteiger charge is 2.15. The van der Waals surface area contributed by atoms with Gasteiger partial charge in [0.15, 0.2) is 5.58 Å². The molecule has 1 aliphatic rings. The quantitative estimate of drug-likeness (QED) is 0.862. The Morgan fingerprint density at radius 1 is 1.35 bits per heavy atom. The van der Waals surface area contributed by atoms with Gasteiger partial charge in [-0.1, -0.05) is 17.7 Å². The van der Waals surface area contributed by atoms with Crippen molar-refractivity contribution in [1.82, 2.24) is 10.2 Å². The molecule has 4 nitrogen and oxygen atoms in total. The third kappa shape index (κ3) is 2.59. The summed E-state index contributed by atoms with van der Waals surface area (Å²) in [5.41, 5.74) is 2.25. The summed E-state index contributed by atoms with van der Waals surface area (Å²) in [5, 5.41) is 4.79. The first-order valence-electron chi connectivity index (χ1n) is 6.80. The highest BCUT2D eigenvalue weighted by atomic mass is 35.5. The molecule has 2 aromatic rings. The Hall–Kier alpha value is -1.36. The number of nitrogens with zero attached hydrogens (tertiary/aromatic N) is 1. The summed E-state index contributed by atoms with van der Waals surface area (Å²) in [6.07, 6.45) is 0. The minimum absolute atomic E-state index is 0.338. The highest BCUT2D eigenvalue weighted by molar-refractivity contribution is 6.35. The van der Waals surface area contributed by atoms with Crippen LogP contribution in [0.4, 0.5) is 0 Å². The van der Waals surface area contributed by atoms with Crippen molar-refractivity contribution in [1.29, 1.82) is 0 Å². The van der Waals surface area contributed by atoms with Gasteiger partial charge in [0.05, 0.1) is 5.02 Å². The summed E-state index contributed by atoms with van der Waals surface area (Å²) in [4.78, 5) is 14.1. The van der Waals surface area contributed by atoms with Crippen LogP contribution in [-0.2, 0) is 6.54 Å². The summed E-state index contributed by atoms with van der Waals surface area (Å²) < 4.78 is 5.28. The molecule has 1 aromatic heterocycles. The van der Waals surface area contributed by atoms with Crippen LogP contribution < -0.4 is 10.9 Å². The molecule has 0 unspecified atom stereocenters. The van der Waals surface area contributed by atoms with Crippen molar-refractivity contribution < 1.29 is 4.42 Å². The number of piperazine rings is 1. The molecule has 3 rings (SSSR count). The van der Waals surface area contributed by atoms with Crippen LogP contribution in [-0.4, -0.2) is 31.1 Å². The standard InChI is InChI=1S/C15H17ClN2O2/c1-10-2-3-12(16)15-14(10)11(8-13(19)20-15)9-18-6-4-17-5-7-18/h2-3,8,17H,4-7,9H2,1H3. The Kier molecular flexibility index (Phi) is 3.78. The fourth-order valence-corrected chi connectivity index (χ4v) is 2.93. The molecule has 5 heteroatoms. The van der Waals surface area contributed by atoms with Gasteiger partial charge in [-0.05, 0) is 24.1 Å². The first-order chi connectivity index (χ1) is 9.65. The van der Waals surface area contributed by atoms with E-state index in [1.807, 2.05) is 13.0 Å². The molecule has 1 fully saturated rings. The zero-order valence-corrected chi connectivity index (χ0v) is 12.2. The Bertz CT molecular complexity index is 690. The molecular formula is C15H17ClN2O2. The number of aryl methyl sites for hydroxylation is 1. The lowest BCUT2D eigenvalue weighted by atomic mass is 10.0. The molecular weight excluding hydrogens is 276 g/mol. The average molecular weight is 293 g/mol. The SMILES string of the molecule is Cc1ccc(Cl)c2oc(=O)cc(CN3CCNCC3)c12. The number of nitrogens with one attached hydrogen (secondary N) is 1. The predicted octanol–water partition coefficient (Wildman–Crippen LogP) is 2.16. The van der Waals surface area contributed by atoms with Gasteiger partial charge in [-0.2, -0.15) is 0 Å². The van der Waals surface area contributed by atoms with Gasteiger partial charge < -0.3 is 9.73 Å². The van der Waals surface area contributed by atoms with Crippen LogP contribution in [0.3, 0.4) is 0 Å². The number of fused-ring (bicyclic) bond motifs is 1. The average Bonchev–Trinajstić information content (AvgIpc) is 2.44. The van der Waals surface area contributed by atoms with Crippen LogP contribution in [0.15, 0.2) is 27.4 Å². The maximum atomic E-state index is 11.8. The van der Waals surface area contributed by atoms with Gasteiger partial charge in [-0.15, -0.1) is 0 Å². The van der Waals surface area contributed by atoms with Crippen LogP contribution in [0.1, 0.15) is 11.1 Å². The Balaban J connectivity index is 2.09. The number of hydrogen-bond acceptors (Lipinski definition) is 4. The summed E-state index contributed by atoms with van der Waals surface area (Å²) in [7, 11) is 0. The van der Waals surface area contributed by atoms with E-state index in [2.05, 4.69) is 10.2 Å². The lowest BCUT2D eigenvalue weighted by molar-refractivity contribution is 0.233. The van der Waals surface area contributed by atoms with E-state index in [9.17, 15) is 4.79 Å². The van der Waals surface area contributed by atoms with Crippen LogP contribution in [0.25, 0.3) is 11.0 Å². The lowest BCUT2D eigenvalue weighted by Crippen LogP contribution is -2.43. The van der Waals surface area contributed by atoms with Crippen molar-refractivity contribution in [3.63, 3.8) is 0 Å². The van der Waals surface area contributed by atoms with E-state index in [4.69, 9.17) is 16.0 Å². The molecule has 2 heterocycles. The van der Waals surface area contributed by atoms with Gasteiger partial charge >= 0.3 is 5.63 Å². The van der Waals surface area contributed by atoms with Crippen LogP contribution in [0.5, 0.6) is 0 Å². The van der Waals surface area contributed by atoms with Gasteiger partial charge in [0.2, 0.25) is 0 Å². The minimum atomic E-state index is -0.338. The molecule has 0 atom stereocenters. The predicted molar refractivity (Wildman–Crippen MR) is 80.4 cm³/mol. The van der Waals surface area contributed by atoms with E-state index >= 15 is 0 Å². The van der Waals surface area contributed by atoms with Crippen molar-refractivity contribution in [3.05, 3.63) is 44.8 Å². The van der Waals surface area contributed by atoms with E-state index in [1.54, 1.807) is 12.1 Å². The van der Waals surface area contributed by atoms with Gasteiger partial charge in [0.25, 0.3) is 0 Å². The molecule has 0 spiro atoms. The normalized spacial score (nSPS) is 16.7. The van der Waals surface area contributed by atoms with Crippen molar-refractivity contribution >= 4 is 22.6 Å². The molecule has 106 valence electrons. The molecule has 0 bridgehead atoms. The third-order valence-electron chi connectivity index (χ3n) is 3.74. The van der Waals surface area contributed by atoms with E-state index in [1.165, 1.54) is 0 Å². The number of halogens is 1. The summed E-state index contributed by atoms with van der Waals surface area (Å²) in [6.45, 7) is 6.71. The number of hydrogen-bond donors (Lipinski definition) is 1. The van der Waals surface area contributed by atoms with Crippen LogP contribution in [0, 0.1) is 6.92 Å². The van der Waals surface area contributed by atoms with E-state index < -0.39 is 0 Å². The number of rotatable bonds is 2. The maximum Gasteiger partial charge on any atom is 0.336 e. The largest absolute Gasteiger partial charge is 0.421 e. The molecule has 1 saturated heterocycles. The summed E-state index contributed by atoms with van der Waals surface area (Å²) in [5.74, 6) is 0. The zero-order chi connectivity index (χ0) is 14.1. The topological polar surface area (TPSA) is 45.5 Å². The fourth-order valence-electron chi connectivity index (χ4n) is 2.73. The van der Waals surface area contributed by atoms with Crippen molar-refractivity contribution in [2.45, 2.75) is 13.5 Å². The van der Waals surface area contributed by atoms with Gasteiger partial charge in [0, 0.05) is 44.2 Å². The molecule has 1 aromatic carbocycles. The monoisotopic (exact) mass is 292 g/mol. The van der Waals surface area contributed by atoms with Gasteiger partial charge in [-0.25, -0.2) is 4.79 Å². The second-order valence-corrected chi connectivity index (χ2v) is 5.59. The molecule has 0 aliphatic carbocycles. The molecule has 1 N–H and O–H groups in total. The zero-order valence-electron chi connectivity index (χ0n) is 11.4. The highest BCUT2D eigenvalue weighted by Crippen LogP contribution is 2.28. The minimum Gasteiger partial charge on any atom is -0.421 e. The molecule has 0 radical (unpaired) electrons. The van der Waals surface area contributed by atoms with Crippen molar-refractivity contribution in [2.24, 2.45) is 0 Å². The maximum absolute atomic E-state index is 11.8. The lowest BCUT2D eigenvalue weighted by Gasteiger charge is -2.27. The second-order valence-electron chi connectivity index (χ2n) is 5.19. The molecule has 1 aliphatic heterocycles. The first kappa shape index (κ1) is 13.6. The second kappa shape index (κ2) is 5.56. The smallest absolute Gasteiger partial charge is 0.336 e. The van der Waals surface area contributed by atoms with Crippen molar-refractivity contribution in [2.75, 3.05) is 26.2 Å². The van der Waals surface area contributed by atoms with E-state index in [0.29, 0.717) is 10.6 Å². The van der Waals surface area contributed by atoms with Gasteiger partial charge in [0.1, 0.15) is 0 Å². The first-order valence-corrected chi connectivity index (χ1v) is 7.18. The molecule has 0 saturated carbocycles. The number of benzene rings is 1. The fraction of sp³-hybridized carbons (Fsp3) is 0.400. The van der Waals surface area contributed by atoms with E-state index in [0.717, 1.165) is 49.2 Å². The van der Waals surface area contributed by atoms with Crippen molar-refractivity contribution in [3.8, 4) is 0 Å². The Morgan fingerprint density at radius 3 is 2.85 bits per heavy atom. The molecule has 0 amide bonds. The summed E-state index contributed by atoms with van der Waals surface area (Å²) in [6, 6.07) is 5.33. The van der Waals surface area contributed by atoms with Crippen LogP contribution >= 0.6 is 11.6 Å². The Labute approximate surface area is 122 Å². The summed E-state index contributed by atoms with van der Waals surface area (Å²) >= 11 is 6.16. The van der Waals surface area contributed by atoms with Crippen LogP contribution in [0.2, 0.25) is 5.02 Å². The third-order valence-corrected chi connectivity index (χ3v) is 4.04. The van der Waals surface area contributed by atoms with E-state index in [-0.39, 0.29) is 5.63 Å². The molecule has 20 heavy (non-hydrogen) atoms.